The number of amides is 1. The lowest BCUT2D eigenvalue weighted by molar-refractivity contribution is 0.0758. The fourth-order valence-electron chi connectivity index (χ4n) is 3.13. The number of hydrogen-bond donors (Lipinski definition) is 1. The van der Waals surface area contributed by atoms with Crippen LogP contribution in [0.5, 0.6) is 5.75 Å². The number of ether oxygens (including phenoxy) is 1. The van der Waals surface area contributed by atoms with E-state index in [2.05, 4.69) is 19.9 Å². The van der Waals surface area contributed by atoms with Crippen LogP contribution < -0.4 is 10.5 Å². The van der Waals surface area contributed by atoms with Crippen LogP contribution in [0.3, 0.4) is 0 Å². The van der Waals surface area contributed by atoms with Gasteiger partial charge in [0.1, 0.15) is 5.75 Å². The molecule has 0 spiro atoms. The Bertz CT molecular complexity index is 746. The summed E-state index contributed by atoms with van der Waals surface area (Å²) in [6, 6.07) is 6.02. The molecule has 2 rings (SSSR count). The summed E-state index contributed by atoms with van der Waals surface area (Å²) >= 11 is 1.47. The third-order valence-electron chi connectivity index (χ3n) is 4.22. The maximum Gasteiger partial charge on any atom is 0.257 e. The summed E-state index contributed by atoms with van der Waals surface area (Å²) in [7, 11) is 1.65. The highest BCUT2D eigenvalue weighted by Gasteiger charge is 2.26. The van der Waals surface area contributed by atoms with E-state index in [4.69, 9.17) is 10.5 Å². The number of thiophene rings is 1. The highest BCUT2D eigenvalue weighted by atomic mass is 32.1. The van der Waals surface area contributed by atoms with Gasteiger partial charge in [-0.2, -0.15) is 0 Å². The highest BCUT2D eigenvalue weighted by molar-refractivity contribution is 7.16. The van der Waals surface area contributed by atoms with Crippen molar-refractivity contribution in [3.05, 3.63) is 34.2 Å². The van der Waals surface area contributed by atoms with Gasteiger partial charge in [-0.1, -0.05) is 25.5 Å². The largest absolute Gasteiger partial charge is 0.496 e. The van der Waals surface area contributed by atoms with Gasteiger partial charge in [-0.3, -0.25) is 4.79 Å². The number of nitrogens with two attached hydrogens (primary N) is 1. The van der Waals surface area contributed by atoms with Crippen LogP contribution in [0, 0.1) is 13.8 Å². The Morgan fingerprint density at radius 2 is 1.84 bits per heavy atom. The number of methoxy groups -OCH3 is 1. The number of nitrogens with zero attached hydrogens (tertiary/aromatic N) is 1. The lowest BCUT2D eigenvalue weighted by atomic mass is 9.97. The second-order valence-electron chi connectivity index (χ2n) is 6.27. The minimum absolute atomic E-state index is 0.0177. The van der Waals surface area contributed by atoms with Gasteiger partial charge in [0.05, 0.1) is 17.7 Å². The molecule has 4 nitrogen and oxygen atoms in total. The molecule has 2 aromatic rings. The Labute approximate surface area is 154 Å². The third-order valence-corrected chi connectivity index (χ3v) is 5.16. The van der Waals surface area contributed by atoms with E-state index in [9.17, 15) is 4.79 Å². The first-order valence-corrected chi connectivity index (χ1v) is 9.59. The Morgan fingerprint density at radius 1 is 1.20 bits per heavy atom. The zero-order valence-electron chi connectivity index (χ0n) is 15.8. The van der Waals surface area contributed by atoms with Crippen molar-refractivity contribution in [3.8, 4) is 16.9 Å². The molecule has 0 aliphatic heterocycles. The van der Waals surface area contributed by atoms with Gasteiger partial charge in [0.15, 0.2) is 0 Å². The number of nitrogen functional groups attached to an aromatic ring is 1. The summed E-state index contributed by atoms with van der Waals surface area (Å²) in [5.74, 6) is 0.780. The molecule has 1 amide bonds. The molecule has 5 heteroatoms. The zero-order chi connectivity index (χ0) is 18.6. The molecular weight excluding hydrogens is 332 g/mol. The van der Waals surface area contributed by atoms with Crippen molar-refractivity contribution in [1.82, 2.24) is 4.90 Å². The molecule has 0 bridgehead atoms. The smallest absolute Gasteiger partial charge is 0.257 e. The van der Waals surface area contributed by atoms with Gasteiger partial charge in [-0.05, 0) is 38.8 Å². The number of aryl methyl sites for hydroxylation is 2. The van der Waals surface area contributed by atoms with Gasteiger partial charge >= 0.3 is 0 Å². The molecule has 0 saturated heterocycles. The molecule has 136 valence electrons. The summed E-state index contributed by atoms with van der Waals surface area (Å²) in [5, 5.41) is 0.582. The van der Waals surface area contributed by atoms with Gasteiger partial charge in [-0.15, -0.1) is 11.3 Å². The van der Waals surface area contributed by atoms with Crippen molar-refractivity contribution >= 4 is 22.2 Å². The van der Waals surface area contributed by atoms with Crippen molar-refractivity contribution in [2.45, 2.75) is 40.5 Å². The Kier molecular flexibility index (Phi) is 6.48. The number of carbonyl (C=O) groups is 1. The first-order valence-electron chi connectivity index (χ1n) is 8.77. The van der Waals surface area contributed by atoms with Gasteiger partial charge in [-0.25, -0.2) is 0 Å². The summed E-state index contributed by atoms with van der Waals surface area (Å²) in [6.07, 6.45) is 1.86. The van der Waals surface area contributed by atoms with Crippen LogP contribution in [0.1, 0.15) is 47.5 Å². The SMILES string of the molecule is CCCN(CCC)C(=O)c1c(N)sc(C)c1-c1cc(C)ccc1OC. The van der Waals surface area contributed by atoms with Gasteiger partial charge in [0, 0.05) is 29.1 Å². The van der Waals surface area contributed by atoms with Crippen LogP contribution in [0.4, 0.5) is 5.00 Å². The molecular formula is C20H28N2O2S. The summed E-state index contributed by atoms with van der Waals surface area (Å²) in [5.41, 5.74) is 9.85. The Balaban J connectivity index is 2.62. The summed E-state index contributed by atoms with van der Waals surface area (Å²) in [6.45, 7) is 9.71. The van der Waals surface area contributed by atoms with Crippen molar-refractivity contribution in [2.75, 3.05) is 25.9 Å². The average Bonchev–Trinajstić information content (AvgIpc) is 2.87. The van der Waals surface area contributed by atoms with E-state index in [1.807, 2.05) is 30.9 Å². The molecule has 0 aliphatic carbocycles. The number of anilines is 1. The van der Waals surface area contributed by atoms with E-state index in [1.54, 1.807) is 7.11 Å². The van der Waals surface area contributed by atoms with Crippen LogP contribution >= 0.6 is 11.3 Å². The molecule has 25 heavy (non-hydrogen) atoms. The first kappa shape index (κ1) is 19.3. The van der Waals surface area contributed by atoms with Crippen LogP contribution in [-0.4, -0.2) is 31.0 Å². The minimum Gasteiger partial charge on any atom is -0.496 e. The van der Waals surface area contributed by atoms with Crippen LogP contribution in [0.25, 0.3) is 11.1 Å². The first-order chi connectivity index (χ1) is 11.9. The second-order valence-corrected chi connectivity index (χ2v) is 7.52. The normalized spacial score (nSPS) is 10.8. The zero-order valence-corrected chi connectivity index (χ0v) is 16.6. The molecule has 0 aliphatic rings. The van der Waals surface area contributed by atoms with Crippen LogP contribution in [-0.2, 0) is 0 Å². The molecule has 0 fully saturated rings. The number of hydrogen-bond acceptors (Lipinski definition) is 4. The van der Waals surface area contributed by atoms with Gasteiger partial charge in [0.2, 0.25) is 0 Å². The van der Waals surface area contributed by atoms with Crippen molar-refractivity contribution in [2.24, 2.45) is 0 Å². The van der Waals surface area contributed by atoms with Crippen molar-refractivity contribution in [1.29, 1.82) is 0 Å². The predicted molar refractivity (Wildman–Crippen MR) is 107 cm³/mol. The maximum atomic E-state index is 13.2. The minimum atomic E-state index is 0.0177. The van der Waals surface area contributed by atoms with Gasteiger partial charge in [0.25, 0.3) is 5.91 Å². The summed E-state index contributed by atoms with van der Waals surface area (Å²) < 4.78 is 5.55. The number of carbonyl (C=O) groups excluding carboxylic acids is 1. The van der Waals surface area contributed by atoms with Crippen molar-refractivity contribution in [3.63, 3.8) is 0 Å². The predicted octanol–water partition coefficient (Wildman–Crippen LogP) is 4.88. The number of benzene rings is 1. The molecule has 2 N–H and O–H groups in total. The Morgan fingerprint density at radius 3 is 2.40 bits per heavy atom. The van der Waals surface area contributed by atoms with Crippen LogP contribution in [0.15, 0.2) is 18.2 Å². The van der Waals surface area contributed by atoms with E-state index in [-0.39, 0.29) is 5.91 Å². The lowest BCUT2D eigenvalue weighted by Crippen LogP contribution is -2.33. The molecule has 0 unspecified atom stereocenters. The van der Waals surface area contributed by atoms with E-state index in [1.165, 1.54) is 11.3 Å². The molecule has 0 radical (unpaired) electrons. The van der Waals surface area contributed by atoms with Crippen LogP contribution in [0.2, 0.25) is 0 Å². The highest BCUT2D eigenvalue weighted by Crippen LogP contribution is 2.42. The van der Waals surface area contributed by atoms with Gasteiger partial charge < -0.3 is 15.4 Å². The summed E-state index contributed by atoms with van der Waals surface area (Å²) in [4.78, 5) is 16.2. The molecule has 0 atom stereocenters. The quantitative estimate of drug-likeness (QED) is 0.765. The van der Waals surface area contributed by atoms with E-state index >= 15 is 0 Å². The average molecular weight is 361 g/mol. The number of rotatable bonds is 7. The fourth-order valence-corrected chi connectivity index (χ4v) is 4.07. The second kappa shape index (κ2) is 8.39. The van der Waals surface area contributed by atoms with Crippen molar-refractivity contribution < 1.29 is 9.53 Å². The fraction of sp³-hybridized carbons (Fsp3) is 0.450. The maximum absolute atomic E-state index is 13.2. The van der Waals surface area contributed by atoms with E-state index in [0.717, 1.165) is 53.2 Å². The molecule has 1 aromatic carbocycles. The van der Waals surface area contributed by atoms with E-state index < -0.39 is 0 Å². The monoisotopic (exact) mass is 360 g/mol. The molecule has 1 aromatic heterocycles. The Hall–Kier alpha value is -2.01. The third kappa shape index (κ3) is 3.98. The lowest BCUT2D eigenvalue weighted by Gasteiger charge is -2.22. The topological polar surface area (TPSA) is 55.6 Å². The standard InChI is InChI=1S/C20H28N2O2S/c1-6-10-22(11-7-2)20(23)18-17(14(4)25-19(18)21)15-12-13(3)8-9-16(15)24-5/h8-9,12H,6-7,10-11,21H2,1-5H3. The van der Waals surface area contributed by atoms with E-state index in [0.29, 0.717) is 10.6 Å². The molecule has 0 saturated carbocycles. The molecule has 1 heterocycles.